The molecule has 8 nitrogen and oxygen atoms in total. The first-order chi connectivity index (χ1) is 15.1. The second-order valence-electron chi connectivity index (χ2n) is 7.98. The van der Waals surface area contributed by atoms with Crippen LogP contribution in [0.5, 0.6) is 11.5 Å². The molecule has 1 saturated heterocycles. The summed E-state index contributed by atoms with van der Waals surface area (Å²) >= 11 is 0. The van der Waals surface area contributed by atoms with E-state index in [-0.39, 0.29) is 16.4 Å². The molecule has 0 amide bonds. The maximum Gasteiger partial charge on any atom is 0.334 e. The number of benzene rings is 1. The highest BCUT2D eigenvalue weighted by Crippen LogP contribution is 2.39. The number of nitro groups is 1. The molecule has 0 saturated carbocycles. The summed E-state index contributed by atoms with van der Waals surface area (Å²) in [4.78, 5) is 16.2. The van der Waals surface area contributed by atoms with Crippen LogP contribution in [0, 0.1) is 10.1 Å². The number of ether oxygens (including phenoxy) is 2. The van der Waals surface area contributed by atoms with E-state index >= 15 is 0 Å². The minimum Gasteiger partial charge on any atom is -0.493 e. The molecule has 1 aromatic rings. The molecule has 1 aromatic carbocycles. The van der Waals surface area contributed by atoms with Crippen molar-refractivity contribution in [1.82, 2.24) is 9.80 Å². The van der Waals surface area contributed by atoms with Gasteiger partial charge in [-0.05, 0) is 51.9 Å². The molecule has 8 heteroatoms. The molecule has 2 rings (SSSR count). The molecule has 176 valence electrons. The number of unbranched alkanes of at least 4 members (excludes halogenated alkanes) is 1. The lowest BCUT2D eigenvalue weighted by Gasteiger charge is -2.19. The lowest BCUT2D eigenvalue weighted by Crippen LogP contribution is -2.25. The average Bonchev–Trinajstić information content (AvgIpc) is 3.27. The number of hydrogen-bond acceptors (Lipinski definition) is 7. The van der Waals surface area contributed by atoms with Crippen molar-refractivity contribution in [2.75, 3.05) is 64.3 Å². The van der Waals surface area contributed by atoms with Gasteiger partial charge in [0.1, 0.15) is 18.0 Å². The highest BCUT2D eigenvalue weighted by Gasteiger charge is 2.24. The molecule has 0 radical (unpaired) electrons. The van der Waals surface area contributed by atoms with Crippen LogP contribution in [0.2, 0.25) is 0 Å². The molecule has 0 aliphatic carbocycles. The number of nitrogens with zero attached hydrogens (tertiary/aromatic N) is 3. The molecule has 0 atom stereocenters. The fraction of sp³-hybridized carbons (Fsp3) is 0.739. The molecule has 31 heavy (non-hydrogen) atoms. The molecule has 1 aliphatic heterocycles. The number of nitro benzene ring substituents is 1. The van der Waals surface area contributed by atoms with Gasteiger partial charge in [0.25, 0.3) is 0 Å². The summed E-state index contributed by atoms with van der Waals surface area (Å²) in [6.45, 7) is 14.0. The molecule has 1 fully saturated rings. The van der Waals surface area contributed by atoms with Gasteiger partial charge >= 0.3 is 5.69 Å². The van der Waals surface area contributed by atoms with Crippen LogP contribution in [0.4, 0.5) is 11.4 Å². The third kappa shape index (κ3) is 8.53. The maximum atomic E-state index is 11.8. The van der Waals surface area contributed by atoms with E-state index in [0.29, 0.717) is 31.2 Å². The lowest BCUT2D eigenvalue weighted by atomic mass is 10.2. The number of anilines is 1. The van der Waals surface area contributed by atoms with Crippen LogP contribution < -0.4 is 14.8 Å². The fourth-order valence-corrected chi connectivity index (χ4v) is 3.81. The Morgan fingerprint density at radius 2 is 1.84 bits per heavy atom. The minimum atomic E-state index is -0.358. The topological polar surface area (TPSA) is 80.1 Å². The molecule has 0 aromatic heterocycles. The Balaban J connectivity index is 2.09. The van der Waals surface area contributed by atoms with E-state index in [1.54, 1.807) is 12.1 Å². The summed E-state index contributed by atoms with van der Waals surface area (Å²) < 4.78 is 11.9. The standard InChI is InChI=1S/C23H40N4O4/c1-4-7-11-24-21-18-20(30-16-10-14-25(5-2)6-3)19-22(23(21)27(28)29)31-17-15-26-12-8-9-13-26/h18-19,24H,4-17H2,1-3H3. The number of hydrogen-bond donors (Lipinski definition) is 1. The van der Waals surface area contributed by atoms with Crippen LogP contribution in [0.25, 0.3) is 0 Å². The van der Waals surface area contributed by atoms with Crippen LogP contribution in [-0.4, -0.2) is 73.8 Å². The number of likely N-dealkylation sites (tertiary alicyclic amines) is 1. The Labute approximate surface area is 187 Å². The van der Waals surface area contributed by atoms with Crippen molar-refractivity contribution in [3.05, 3.63) is 22.2 Å². The minimum absolute atomic E-state index is 0.00647. The molecular formula is C23H40N4O4. The Hall–Kier alpha value is -2.06. The summed E-state index contributed by atoms with van der Waals surface area (Å²) in [6, 6.07) is 3.41. The van der Waals surface area contributed by atoms with E-state index in [1.165, 1.54) is 12.8 Å². The van der Waals surface area contributed by atoms with E-state index in [1.807, 2.05) is 0 Å². The summed E-state index contributed by atoms with van der Waals surface area (Å²) in [5, 5.41) is 15.1. The second kappa shape index (κ2) is 14.1. The predicted octanol–water partition coefficient (Wildman–Crippen LogP) is 4.39. The van der Waals surface area contributed by atoms with Crippen molar-refractivity contribution in [3.63, 3.8) is 0 Å². The summed E-state index contributed by atoms with van der Waals surface area (Å²) in [6.07, 6.45) is 5.28. The zero-order valence-corrected chi connectivity index (χ0v) is 19.5. The van der Waals surface area contributed by atoms with Crippen molar-refractivity contribution in [2.45, 2.75) is 52.9 Å². The van der Waals surface area contributed by atoms with Gasteiger partial charge in [0.05, 0.1) is 11.5 Å². The molecule has 1 N–H and O–H groups in total. The highest BCUT2D eigenvalue weighted by molar-refractivity contribution is 5.71. The van der Waals surface area contributed by atoms with Gasteiger partial charge in [0, 0.05) is 31.8 Å². The zero-order valence-electron chi connectivity index (χ0n) is 19.5. The van der Waals surface area contributed by atoms with Gasteiger partial charge in [-0.25, -0.2) is 0 Å². The quantitative estimate of drug-likeness (QED) is 0.234. The predicted molar refractivity (Wildman–Crippen MR) is 126 cm³/mol. The van der Waals surface area contributed by atoms with E-state index < -0.39 is 0 Å². The molecule has 0 bridgehead atoms. The summed E-state index contributed by atoms with van der Waals surface area (Å²) in [7, 11) is 0. The lowest BCUT2D eigenvalue weighted by molar-refractivity contribution is -0.385. The van der Waals surface area contributed by atoms with Crippen molar-refractivity contribution in [3.8, 4) is 11.5 Å². The Kier molecular flexibility index (Phi) is 11.5. The smallest absolute Gasteiger partial charge is 0.334 e. The van der Waals surface area contributed by atoms with Crippen LogP contribution in [0.3, 0.4) is 0 Å². The van der Waals surface area contributed by atoms with Crippen molar-refractivity contribution >= 4 is 11.4 Å². The third-order valence-electron chi connectivity index (χ3n) is 5.72. The summed E-state index contributed by atoms with van der Waals surface area (Å²) in [5.74, 6) is 0.893. The van der Waals surface area contributed by atoms with Crippen molar-refractivity contribution < 1.29 is 14.4 Å². The monoisotopic (exact) mass is 436 g/mol. The first-order valence-corrected chi connectivity index (χ1v) is 11.9. The van der Waals surface area contributed by atoms with Gasteiger partial charge in [-0.1, -0.05) is 27.2 Å². The summed E-state index contributed by atoms with van der Waals surface area (Å²) in [5.41, 5.74) is 0.462. The van der Waals surface area contributed by atoms with Crippen LogP contribution in [0.1, 0.15) is 52.9 Å². The largest absolute Gasteiger partial charge is 0.493 e. The molecule has 1 aliphatic rings. The van der Waals surface area contributed by atoms with Gasteiger partial charge < -0.3 is 19.7 Å². The van der Waals surface area contributed by atoms with Gasteiger partial charge in [0.2, 0.25) is 5.75 Å². The number of nitrogens with one attached hydrogen (secondary N) is 1. The van der Waals surface area contributed by atoms with E-state index in [9.17, 15) is 10.1 Å². The Morgan fingerprint density at radius 3 is 2.48 bits per heavy atom. The molecule has 0 spiro atoms. The number of rotatable bonds is 16. The molecule has 0 unspecified atom stereocenters. The van der Waals surface area contributed by atoms with Gasteiger partial charge in [-0.3, -0.25) is 15.0 Å². The first kappa shape index (κ1) is 25.2. The van der Waals surface area contributed by atoms with E-state index in [0.717, 1.165) is 58.5 Å². The van der Waals surface area contributed by atoms with Gasteiger partial charge in [-0.2, -0.15) is 0 Å². The average molecular weight is 437 g/mol. The van der Waals surface area contributed by atoms with Crippen LogP contribution >= 0.6 is 0 Å². The Morgan fingerprint density at radius 1 is 1.10 bits per heavy atom. The fourth-order valence-electron chi connectivity index (χ4n) is 3.81. The first-order valence-electron chi connectivity index (χ1n) is 11.9. The normalized spacial score (nSPS) is 14.2. The van der Waals surface area contributed by atoms with Gasteiger partial charge in [0.15, 0.2) is 0 Å². The SMILES string of the molecule is CCCCNc1cc(OCCCN(CC)CC)cc(OCCN2CCCC2)c1[N+](=O)[O-]. The molecular weight excluding hydrogens is 396 g/mol. The Bertz CT molecular complexity index is 661. The zero-order chi connectivity index (χ0) is 22.5. The van der Waals surface area contributed by atoms with Gasteiger partial charge in [-0.15, -0.1) is 0 Å². The maximum absolute atomic E-state index is 11.8. The van der Waals surface area contributed by atoms with Crippen LogP contribution in [0.15, 0.2) is 12.1 Å². The van der Waals surface area contributed by atoms with Crippen molar-refractivity contribution in [2.24, 2.45) is 0 Å². The second-order valence-corrected chi connectivity index (χ2v) is 7.98. The van der Waals surface area contributed by atoms with Crippen molar-refractivity contribution in [1.29, 1.82) is 0 Å². The van der Waals surface area contributed by atoms with E-state index in [2.05, 4.69) is 35.9 Å². The third-order valence-corrected chi connectivity index (χ3v) is 5.72. The highest BCUT2D eigenvalue weighted by atomic mass is 16.6. The molecule has 1 heterocycles. The van der Waals surface area contributed by atoms with E-state index in [4.69, 9.17) is 9.47 Å². The van der Waals surface area contributed by atoms with Crippen LogP contribution in [-0.2, 0) is 0 Å².